The van der Waals surface area contributed by atoms with Crippen LogP contribution < -0.4 is 5.43 Å². The summed E-state index contributed by atoms with van der Waals surface area (Å²) in [7, 11) is 1.98. The molecule has 1 aliphatic rings. The molecule has 0 aliphatic carbocycles. The maximum Gasteiger partial charge on any atom is 0.119 e. The van der Waals surface area contributed by atoms with Gasteiger partial charge in [0.2, 0.25) is 0 Å². The van der Waals surface area contributed by atoms with E-state index in [-0.39, 0.29) is 5.50 Å². The van der Waals surface area contributed by atoms with Gasteiger partial charge in [0.05, 0.1) is 0 Å². The first kappa shape index (κ1) is 9.32. The Kier molecular flexibility index (Phi) is 3.18. The van der Waals surface area contributed by atoms with Crippen LogP contribution in [-0.2, 0) is 0 Å². The molecule has 65 valence electrons. The van der Waals surface area contributed by atoms with Crippen molar-refractivity contribution in [3.05, 3.63) is 6.67 Å². The second kappa shape index (κ2) is 3.76. The summed E-state index contributed by atoms with van der Waals surface area (Å²) in [6.07, 6.45) is 1.14. The van der Waals surface area contributed by atoms with Crippen molar-refractivity contribution >= 4 is 12.6 Å². The Labute approximate surface area is 74.1 Å². The number of thiol groups is 1. The van der Waals surface area contributed by atoms with E-state index in [0.717, 1.165) is 6.42 Å². The molecule has 11 heavy (non-hydrogen) atoms. The summed E-state index contributed by atoms with van der Waals surface area (Å²) in [5.41, 5.74) is 3.28. The lowest BCUT2D eigenvalue weighted by atomic mass is 10.2. The molecule has 1 rings (SSSR count). The number of hydrogen-bond acceptors (Lipinski definition) is 4. The quantitative estimate of drug-likeness (QED) is 0.606. The summed E-state index contributed by atoms with van der Waals surface area (Å²) in [5.74, 6) is 0. The Morgan fingerprint density at radius 1 is 1.73 bits per heavy atom. The molecular formula is C7H16N3S. The van der Waals surface area contributed by atoms with Crippen molar-refractivity contribution in [1.82, 2.24) is 15.3 Å². The largest absolute Gasteiger partial charge is 0.256 e. The Balaban J connectivity index is 2.45. The first-order chi connectivity index (χ1) is 5.15. The highest BCUT2D eigenvalue weighted by Crippen LogP contribution is 2.18. The van der Waals surface area contributed by atoms with Crippen molar-refractivity contribution < 1.29 is 0 Å². The Morgan fingerprint density at radius 2 is 2.36 bits per heavy atom. The van der Waals surface area contributed by atoms with Crippen molar-refractivity contribution in [3.63, 3.8) is 0 Å². The average Bonchev–Trinajstić information content (AvgIpc) is 2.28. The molecule has 0 saturated carbocycles. The lowest BCUT2D eigenvalue weighted by Crippen LogP contribution is -2.36. The van der Waals surface area contributed by atoms with Gasteiger partial charge in [-0.25, -0.2) is 10.4 Å². The molecule has 0 aromatic carbocycles. The lowest BCUT2D eigenvalue weighted by molar-refractivity contribution is 0.260. The van der Waals surface area contributed by atoms with E-state index in [9.17, 15) is 0 Å². The second-order valence-electron chi connectivity index (χ2n) is 2.93. The van der Waals surface area contributed by atoms with Crippen LogP contribution in [0, 0.1) is 6.67 Å². The third-order valence-electron chi connectivity index (χ3n) is 2.01. The molecular weight excluding hydrogens is 158 g/mol. The van der Waals surface area contributed by atoms with E-state index in [0.29, 0.717) is 6.04 Å². The van der Waals surface area contributed by atoms with Crippen molar-refractivity contribution in [3.8, 4) is 0 Å². The average molecular weight is 174 g/mol. The Hall–Kier alpha value is 0.230. The molecule has 0 amide bonds. The van der Waals surface area contributed by atoms with Crippen LogP contribution in [-0.4, -0.2) is 28.5 Å². The summed E-state index contributed by atoms with van der Waals surface area (Å²) in [5, 5.41) is 1.93. The highest BCUT2D eigenvalue weighted by Gasteiger charge is 2.28. The smallest absolute Gasteiger partial charge is 0.119 e. The van der Waals surface area contributed by atoms with Crippen LogP contribution in [0.15, 0.2) is 0 Å². The Bertz CT molecular complexity index is 127. The molecule has 0 bridgehead atoms. The third-order valence-corrected chi connectivity index (χ3v) is 2.39. The van der Waals surface area contributed by atoms with Crippen LogP contribution in [0.5, 0.6) is 0 Å². The molecule has 0 aromatic rings. The van der Waals surface area contributed by atoms with Crippen LogP contribution in [0.25, 0.3) is 0 Å². The topological polar surface area (TPSA) is 18.5 Å². The van der Waals surface area contributed by atoms with Crippen LogP contribution >= 0.6 is 12.6 Å². The van der Waals surface area contributed by atoms with Crippen molar-refractivity contribution in [1.29, 1.82) is 0 Å². The van der Waals surface area contributed by atoms with Crippen molar-refractivity contribution in [2.75, 3.05) is 7.05 Å². The molecule has 0 aromatic heterocycles. The number of hydrazine groups is 1. The van der Waals surface area contributed by atoms with Gasteiger partial charge in [0, 0.05) is 13.1 Å². The molecule has 1 saturated heterocycles. The van der Waals surface area contributed by atoms with Gasteiger partial charge in [0.1, 0.15) is 12.2 Å². The number of hydrogen-bond donors (Lipinski definition) is 2. The highest BCUT2D eigenvalue weighted by atomic mass is 32.1. The van der Waals surface area contributed by atoms with Crippen LogP contribution in [0.2, 0.25) is 0 Å². The molecule has 1 heterocycles. The minimum atomic E-state index is 0.134. The molecule has 1 N–H and O–H groups in total. The predicted octanol–water partition coefficient (Wildman–Crippen LogP) is 0.870. The second-order valence-corrected chi connectivity index (χ2v) is 3.42. The molecule has 3 nitrogen and oxygen atoms in total. The molecule has 0 spiro atoms. The van der Waals surface area contributed by atoms with Gasteiger partial charge < -0.3 is 0 Å². The fourth-order valence-electron chi connectivity index (χ4n) is 1.11. The number of nitrogens with one attached hydrogen (secondary N) is 1. The number of nitrogens with zero attached hydrogens (tertiary/aromatic N) is 2. The highest BCUT2D eigenvalue weighted by molar-refractivity contribution is 7.80. The van der Waals surface area contributed by atoms with Gasteiger partial charge >= 0.3 is 0 Å². The van der Waals surface area contributed by atoms with Crippen LogP contribution in [0.3, 0.4) is 0 Å². The van der Waals surface area contributed by atoms with E-state index >= 15 is 0 Å². The van der Waals surface area contributed by atoms with Crippen molar-refractivity contribution in [2.45, 2.75) is 31.8 Å². The van der Waals surface area contributed by atoms with Gasteiger partial charge in [0.25, 0.3) is 0 Å². The van der Waals surface area contributed by atoms with E-state index in [1.807, 2.05) is 18.7 Å². The standard InChI is InChI=1S/C7H16N3S/c1-4-6(2)10-5-9(3)8-7(10)11/h5-8,11H,4H2,1-3H3. The maximum absolute atomic E-state index is 4.38. The van der Waals surface area contributed by atoms with E-state index in [1.54, 1.807) is 0 Å². The number of rotatable bonds is 2. The van der Waals surface area contributed by atoms with E-state index in [1.165, 1.54) is 0 Å². The zero-order valence-corrected chi connectivity index (χ0v) is 8.18. The monoisotopic (exact) mass is 174 g/mol. The van der Waals surface area contributed by atoms with Crippen molar-refractivity contribution in [2.24, 2.45) is 0 Å². The van der Waals surface area contributed by atoms with Crippen LogP contribution in [0.1, 0.15) is 20.3 Å². The Morgan fingerprint density at radius 3 is 2.73 bits per heavy atom. The van der Waals surface area contributed by atoms with Gasteiger partial charge in [-0.3, -0.25) is 4.90 Å². The maximum atomic E-state index is 4.38. The SMILES string of the molecule is CCC(C)N1[CH]N(C)NC1S. The van der Waals surface area contributed by atoms with Gasteiger partial charge in [-0.05, 0) is 13.3 Å². The van der Waals surface area contributed by atoms with E-state index in [4.69, 9.17) is 0 Å². The van der Waals surface area contributed by atoms with E-state index in [2.05, 4.69) is 36.8 Å². The van der Waals surface area contributed by atoms with Gasteiger partial charge in [-0.1, -0.05) is 6.92 Å². The van der Waals surface area contributed by atoms with Crippen LogP contribution in [0.4, 0.5) is 0 Å². The molecule has 2 unspecified atom stereocenters. The first-order valence-electron chi connectivity index (χ1n) is 3.94. The zero-order chi connectivity index (χ0) is 8.43. The molecule has 4 heteroatoms. The molecule has 1 aliphatic heterocycles. The summed E-state index contributed by atoms with van der Waals surface area (Å²) in [6.45, 7) is 6.42. The third kappa shape index (κ3) is 2.08. The molecule has 1 fully saturated rings. The lowest BCUT2D eigenvalue weighted by Gasteiger charge is -2.24. The predicted molar refractivity (Wildman–Crippen MR) is 49.6 cm³/mol. The fraction of sp³-hybridized carbons (Fsp3) is 0.857. The first-order valence-corrected chi connectivity index (χ1v) is 4.46. The van der Waals surface area contributed by atoms with E-state index < -0.39 is 0 Å². The zero-order valence-electron chi connectivity index (χ0n) is 7.28. The summed E-state index contributed by atoms with van der Waals surface area (Å²) in [4.78, 5) is 2.20. The minimum absolute atomic E-state index is 0.134. The fourth-order valence-corrected chi connectivity index (χ4v) is 1.58. The van der Waals surface area contributed by atoms with Gasteiger partial charge in [-0.15, -0.1) is 12.6 Å². The molecule has 2 atom stereocenters. The summed E-state index contributed by atoms with van der Waals surface area (Å²) in [6, 6.07) is 0.551. The summed E-state index contributed by atoms with van der Waals surface area (Å²) < 4.78 is 0. The minimum Gasteiger partial charge on any atom is -0.256 e. The molecule has 1 radical (unpaired) electrons. The normalized spacial score (nSPS) is 31.1. The van der Waals surface area contributed by atoms with Gasteiger partial charge in [0.15, 0.2) is 0 Å². The van der Waals surface area contributed by atoms with Gasteiger partial charge in [-0.2, -0.15) is 0 Å². The summed E-state index contributed by atoms with van der Waals surface area (Å²) >= 11 is 4.38.